The van der Waals surface area contributed by atoms with Crippen molar-refractivity contribution in [3.05, 3.63) is 93.6 Å². The van der Waals surface area contributed by atoms with Crippen LogP contribution in [0.1, 0.15) is 76.9 Å². The fraction of sp³-hybridized carbons (Fsp3) is 0.475. The van der Waals surface area contributed by atoms with Gasteiger partial charge in [0.15, 0.2) is 18.8 Å². The van der Waals surface area contributed by atoms with Gasteiger partial charge in [0.25, 0.3) is 5.91 Å². The molecule has 8 nitrogen and oxygen atoms in total. The van der Waals surface area contributed by atoms with Gasteiger partial charge in [0.05, 0.1) is 38.9 Å². The van der Waals surface area contributed by atoms with Gasteiger partial charge < -0.3 is 29.6 Å². The van der Waals surface area contributed by atoms with E-state index in [1.807, 2.05) is 33.8 Å². The molecule has 0 spiro atoms. The Morgan fingerprint density at radius 1 is 0.941 bits per heavy atom. The molecule has 0 unspecified atom stereocenters. The summed E-state index contributed by atoms with van der Waals surface area (Å²) in [7, 11) is 0. The summed E-state index contributed by atoms with van der Waals surface area (Å²) in [4.78, 5) is 27.9. The Bertz CT molecular complexity index is 1770. The molecule has 6 rings (SSSR count). The normalized spacial score (nSPS) is 19.3. The van der Waals surface area contributed by atoms with Crippen molar-refractivity contribution in [3.63, 3.8) is 0 Å². The number of nitrogens with zero attached hydrogens (tertiary/aromatic N) is 2. The highest BCUT2D eigenvalue weighted by atomic mass is 35.5. The first-order valence-corrected chi connectivity index (χ1v) is 18.4. The van der Waals surface area contributed by atoms with Gasteiger partial charge in [0.2, 0.25) is 6.17 Å². The molecule has 11 heteroatoms. The van der Waals surface area contributed by atoms with Crippen LogP contribution in [0, 0.1) is 0 Å². The fourth-order valence-electron chi connectivity index (χ4n) is 7.16. The van der Waals surface area contributed by atoms with Crippen LogP contribution < -0.4 is 15.3 Å². The highest BCUT2D eigenvalue weighted by Gasteiger charge is 2.41. The summed E-state index contributed by atoms with van der Waals surface area (Å²) < 4.78 is 40.9. The van der Waals surface area contributed by atoms with E-state index in [0.717, 1.165) is 59.4 Å². The predicted octanol–water partition coefficient (Wildman–Crippen LogP) is 5.16. The van der Waals surface area contributed by atoms with Gasteiger partial charge in [-0.15, -0.1) is 11.6 Å². The Balaban J connectivity index is 1.25. The van der Waals surface area contributed by atoms with E-state index < -0.39 is 23.7 Å². The number of hydrogen-bond acceptors (Lipinski definition) is 6. The molecule has 2 aromatic rings. The molecule has 1 N–H and O–H groups in total. The van der Waals surface area contributed by atoms with E-state index in [4.69, 9.17) is 21.1 Å². The van der Waals surface area contributed by atoms with Gasteiger partial charge in [-0.3, -0.25) is 4.79 Å². The Hall–Kier alpha value is -3.86. The van der Waals surface area contributed by atoms with Crippen molar-refractivity contribution in [2.75, 3.05) is 69.9 Å². The third-order valence-corrected chi connectivity index (χ3v) is 10.4. The lowest BCUT2D eigenvalue weighted by Gasteiger charge is -2.42. The Morgan fingerprint density at radius 3 is 2.39 bits per heavy atom. The molecule has 2 fully saturated rings. The van der Waals surface area contributed by atoms with Crippen LogP contribution in [0.2, 0.25) is 0 Å². The van der Waals surface area contributed by atoms with E-state index in [1.165, 1.54) is 12.1 Å². The number of fused-ring (bicyclic) bond motifs is 2. The summed E-state index contributed by atoms with van der Waals surface area (Å²) in [6.07, 6.45) is 8.40. The van der Waals surface area contributed by atoms with Gasteiger partial charge in [-0.05, 0) is 76.6 Å². The number of ether oxygens (including phenoxy) is 2. The molecule has 1 amide bonds. The minimum atomic E-state index is -1.36. The van der Waals surface area contributed by atoms with Gasteiger partial charge in [0, 0.05) is 53.4 Å². The first-order chi connectivity index (χ1) is 24.6. The highest BCUT2D eigenvalue weighted by Crippen LogP contribution is 2.51. The highest BCUT2D eigenvalue weighted by molar-refractivity contribution is 6.17. The lowest BCUT2D eigenvalue weighted by Crippen LogP contribution is -2.48. The largest absolute Gasteiger partial charge is 0.545 e. The number of rotatable bonds is 16. The number of aromatic carboxylic acids is 1. The predicted molar refractivity (Wildman–Crippen MR) is 194 cm³/mol. The number of carbonyl (C=O) groups is 2. The molecule has 0 radical (unpaired) electrons. The summed E-state index contributed by atoms with van der Waals surface area (Å²) in [5, 5.41) is 15.5. The number of benzene rings is 2. The lowest BCUT2D eigenvalue weighted by molar-refractivity contribution is -0.599. The van der Waals surface area contributed by atoms with Crippen LogP contribution in [0.15, 0.2) is 65.8 Å². The zero-order valence-electron chi connectivity index (χ0n) is 29.3. The molecular formula is C40H46ClF2N3O5. The number of nitrogens with one attached hydrogen (secondary N) is 1. The van der Waals surface area contributed by atoms with Crippen LogP contribution in [0.3, 0.4) is 0 Å². The van der Waals surface area contributed by atoms with Crippen LogP contribution in [0.4, 0.5) is 14.5 Å². The van der Waals surface area contributed by atoms with Gasteiger partial charge in [-0.2, -0.15) is 0 Å². The Kier molecular flexibility index (Phi) is 11.7. The first kappa shape index (κ1) is 36.9. The van der Waals surface area contributed by atoms with E-state index in [1.54, 1.807) is 6.07 Å². The molecule has 0 bridgehead atoms. The molecular weight excluding hydrogens is 676 g/mol. The number of carbonyl (C=O) groups excluding carboxylic acids is 2. The van der Waals surface area contributed by atoms with Crippen molar-refractivity contribution < 1.29 is 37.5 Å². The number of halogens is 3. The second-order valence-corrected chi connectivity index (χ2v) is 14.5. The summed E-state index contributed by atoms with van der Waals surface area (Å²) in [6, 6.07) is 10.5. The smallest absolute Gasteiger partial charge is 0.251 e. The van der Waals surface area contributed by atoms with Crippen LogP contribution in [-0.4, -0.2) is 99.5 Å². The van der Waals surface area contributed by atoms with Crippen LogP contribution in [0.5, 0.6) is 0 Å². The topological polar surface area (TPSA) is 93.9 Å². The quantitative estimate of drug-likeness (QED) is 0.146. The number of carboxylic acid groups (broad SMARTS) is 1. The molecule has 272 valence electrons. The minimum Gasteiger partial charge on any atom is -0.545 e. The number of carboxylic acids is 1. The van der Waals surface area contributed by atoms with Gasteiger partial charge >= 0.3 is 0 Å². The van der Waals surface area contributed by atoms with Crippen molar-refractivity contribution >= 4 is 40.4 Å². The molecule has 0 atom stereocenters. The fourth-order valence-corrected chi connectivity index (χ4v) is 7.35. The zero-order valence-corrected chi connectivity index (χ0v) is 30.1. The molecule has 2 saturated heterocycles. The maximum atomic E-state index is 13.9. The van der Waals surface area contributed by atoms with E-state index in [9.17, 15) is 23.5 Å². The van der Waals surface area contributed by atoms with E-state index in [-0.39, 0.29) is 18.0 Å². The monoisotopic (exact) mass is 721 g/mol. The molecule has 4 aliphatic rings. The first-order valence-electron chi connectivity index (χ1n) is 17.9. The summed E-state index contributed by atoms with van der Waals surface area (Å²) in [6.45, 7) is 7.62. The maximum Gasteiger partial charge on any atom is 0.251 e. The number of hydrogen-bond donors (Lipinski definition) is 1. The number of anilines is 1. The number of allylic oxidation sites excluding steroid dienone is 5. The number of alkyl halides is 3. The molecule has 2 aliphatic carbocycles. The second-order valence-electron chi connectivity index (χ2n) is 14.1. The van der Waals surface area contributed by atoms with Crippen molar-refractivity contribution in [1.29, 1.82) is 0 Å². The average Bonchev–Trinajstić information content (AvgIpc) is 3.09. The van der Waals surface area contributed by atoms with Crippen molar-refractivity contribution in [2.45, 2.75) is 57.3 Å². The average molecular weight is 722 g/mol. The number of amides is 1. The Labute approximate surface area is 303 Å². The molecule has 0 aromatic heterocycles. The zero-order chi connectivity index (χ0) is 36.1. The van der Waals surface area contributed by atoms with Gasteiger partial charge in [0.1, 0.15) is 6.17 Å². The molecule has 2 heterocycles. The van der Waals surface area contributed by atoms with E-state index in [0.29, 0.717) is 75.2 Å². The Morgan fingerprint density at radius 2 is 1.69 bits per heavy atom. The van der Waals surface area contributed by atoms with Crippen molar-refractivity contribution in [2.24, 2.45) is 0 Å². The minimum absolute atomic E-state index is 0.0419. The standard InChI is InChI=1S/C40H46ClF2N3O5/c1-40(2)35-20-29(45-22-27(42)23-45)8-11-32(35)37(33-12-9-30(21-36(33)40)46-24-28(43)25-46)34-19-26(7-10-31(34)39(48)49)38(47)44-14-16-51-18-17-50-15-6-4-3-5-13-41/h7-12,19-21,27-28H,3-6,13-18,22-25H2,1-2H3,(H-,44,47,48,49). The maximum absolute atomic E-state index is 13.9. The van der Waals surface area contributed by atoms with E-state index in [2.05, 4.69) is 31.3 Å². The summed E-state index contributed by atoms with van der Waals surface area (Å²) >= 11 is 5.70. The van der Waals surface area contributed by atoms with Crippen LogP contribution in [-0.2, 0) is 14.9 Å². The third kappa shape index (κ3) is 8.13. The van der Waals surface area contributed by atoms with E-state index >= 15 is 0 Å². The molecule has 2 aromatic carbocycles. The SMILES string of the molecule is CC1(C)C2=CC(=[N+]3CC(F)C3)C=CC2=C(c2cc(C(=O)NCCOCCOCCCCCCCl)ccc2C(=O)[O-])c2ccc(N3CC(F)C3)cc21. The summed E-state index contributed by atoms with van der Waals surface area (Å²) in [5.74, 6) is -1.04. The third-order valence-electron chi connectivity index (χ3n) is 10.1. The lowest BCUT2D eigenvalue weighted by atomic mass is 9.64. The number of unbranched alkanes of at least 4 members (excludes halogenated alkanes) is 3. The molecule has 51 heavy (non-hydrogen) atoms. The van der Waals surface area contributed by atoms with Gasteiger partial charge in [-0.25, -0.2) is 13.4 Å². The summed E-state index contributed by atoms with van der Waals surface area (Å²) in [5.41, 5.74) is 6.04. The van der Waals surface area contributed by atoms with Gasteiger partial charge in [-0.1, -0.05) is 38.8 Å². The molecule has 0 saturated carbocycles. The second kappa shape index (κ2) is 16.2. The van der Waals surface area contributed by atoms with Crippen LogP contribution >= 0.6 is 11.6 Å². The van der Waals surface area contributed by atoms with Crippen molar-refractivity contribution in [1.82, 2.24) is 5.32 Å². The molecule has 2 aliphatic heterocycles. The van der Waals surface area contributed by atoms with Crippen molar-refractivity contribution in [3.8, 4) is 0 Å². The van der Waals surface area contributed by atoms with Crippen LogP contribution in [0.25, 0.3) is 5.57 Å².